The van der Waals surface area contributed by atoms with E-state index in [1.165, 1.54) is 12.0 Å². The van der Waals surface area contributed by atoms with Gasteiger partial charge in [0.1, 0.15) is 0 Å². The van der Waals surface area contributed by atoms with Crippen LogP contribution in [0.2, 0.25) is 0 Å². The summed E-state index contributed by atoms with van der Waals surface area (Å²) >= 11 is 0. The van der Waals surface area contributed by atoms with Crippen molar-refractivity contribution in [1.82, 2.24) is 15.5 Å². The van der Waals surface area contributed by atoms with Gasteiger partial charge in [0.25, 0.3) is 0 Å². The summed E-state index contributed by atoms with van der Waals surface area (Å²) in [4.78, 5) is 18.7. The van der Waals surface area contributed by atoms with Crippen LogP contribution in [0.4, 0.5) is 0 Å². The number of ether oxygens (including phenoxy) is 1. The Hall–Kier alpha value is -2.08. The third-order valence-electron chi connectivity index (χ3n) is 4.99. The molecule has 0 aliphatic carbocycles. The van der Waals surface area contributed by atoms with Crippen LogP contribution in [0.3, 0.4) is 0 Å². The van der Waals surface area contributed by atoms with Gasteiger partial charge in [-0.15, -0.1) is 0 Å². The van der Waals surface area contributed by atoms with Crippen molar-refractivity contribution in [3.05, 3.63) is 35.9 Å². The summed E-state index contributed by atoms with van der Waals surface area (Å²) in [7, 11) is 0. The zero-order valence-electron chi connectivity index (χ0n) is 18.0. The standard InChI is InChI=1S/C23H38N4O2/c1-2-24-23(26-16-11-18-27-17-9-4-7-14-22(27)28)25-15-8-10-19-29-20-21-12-5-3-6-13-21/h3,5-6,12-13H,2,4,7-11,14-20H2,1H3,(H2,24,25,26). The van der Waals surface area contributed by atoms with Gasteiger partial charge >= 0.3 is 0 Å². The number of hydrogen-bond donors (Lipinski definition) is 2. The smallest absolute Gasteiger partial charge is 0.222 e. The first-order valence-corrected chi connectivity index (χ1v) is 11.2. The van der Waals surface area contributed by atoms with Crippen LogP contribution in [-0.2, 0) is 16.1 Å². The van der Waals surface area contributed by atoms with E-state index in [0.717, 1.165) is 77.4 Å². The number of nitrogens with zero attached hydrogens (tertiary/aromatic N) is 2. The summed E-state index contributed by atoms with van der Waals surface area (Å²) in [6.45, 7) is 7.71. The van der Waals surface area contributed by atoms with Gasteiger partial charge in [-0.1, -0.05) is 36.8 Å². The number of benzene rings is 1. The second-order valence-electron chi connectivity index (χ2n) is 7.48. The van der Waals surface area contributed by atoms with E-state index >= 15 is 0 Å². The van der Waals surface area contributed by atoms with Gasteiger partial charge < -0.3 is 20.3 Å². The molecule has 1 aliphatic heterocycles. The number of unbranched alkanes of at least 4 members (excludes halogenated alkanes) is 1. The van der Waals surface area contributed by atoms with Gasteiger partial charge in [-0.2, -0.15) is 0 Å². The molecule has 0 atom stereocenters. The minimum atomic E-state index is 0.311. The van der Waals surface area contributed by atoms with Crippen LogP contribution < -0.4 is 10.6 Å². The number of rotatable bonds is 12. The van der Waals surface area contributed by atoms with Gasteiger partial charge in [0.05, 0.1) is 6.61 Å². The molecule has 1 aliphatic rings. The van der Waals surface area contributed by atoms with Crippen molar-refractivity contribution in [1.29, 1.82) is 0 Å². The highest BCUT2D eigenvalue weighted by molar-refractivity contribution is 5.79. The van der Waals surface area contributed by atoms with Crippen molar-refractivity contribution in [2.45, 2.75) is 58.5 Å². The molecule has 162 valence electrons. The molecular weight excluding hydrogens is 364 g/mol. The molecule has 1 saturated heterocycles. The number of amides is 1. The summed E-state index contributed by atoms with van der Waals surface area (Å²) in [5, 5.41) is 6.68. The Morgan fingerprint density at radius 1 is 1.10 bits per heavy atom. The maximum Gasteiger partial charge on any atom is 0.222 e. The topological polar surface area (TPSA) is 66.0 Å². The number of carbonyl (C=O) groups excluding carboxylic acids is 1. The van der Waals surface area contributed by atoms with Gasteiger partial charge in [0.15, 0.2) is 5.96 Å². The van der Waals surface area contributed by atoms with Gasteiger partial charge in [-0.3, -0.25) is 9.79 Å². The van der Waals surface area contributed by atoms with Crippen LogP contribution in [-0.4, -0.2) is 56.1 Å². The number of hydrogen-bond acceptors (Lipinski definition) is 3. The molecule has 1 amide bonds. The van der Waals surface area contributed by atoms with Gasteiger partial charge in [-0.25, -0.2) is 0 Å². The minimum Gasteiger partial charge on any atom is -0.377 e. The van der Waals surface area contributed by atoms with Crippen LogP contribution in [0, 0.1) is 0 Å². The molecule has 2 N–H and O–H groups in total. The second-order valence-corrected chi connectivity index (χ2v) is 7.48. The van der Waals surface area contributed by atoms with E-state index in [-0.39, 0.29) is 0 Å². The van der Waals surface area contributed by atoms with E-state index < -0.39 is 0 Å². The van der Waals surface area contributed by atoms with Crippen molar-refractivity contribution in [2.75, 3.05) is 39.3 Å². The summed E-state index contributed by atoms with van der Waals surface area (Å²) in [5.41, 5.74) is 1.22. The Morgan fingerprint density at radius 3 is 2.79 bits per heavy atom. The highest BCUT2D eigenvalue weighted by atomic mass is 16.5. The van der Waals surface area contributed by atoms with Crippen molar-refractivity contribution in [3.8, 4) is 0 Å². The average molecular weight is 403 g/mol. The normalized spacial score (nSPS) is 15.3. The minimum absolute atomic E-state index is 0.311. The van der Waals surface area contributed by atoms with Gasteiger partial charge in [0, 0.05) is 45.8 Å². The van der Waals surface area contributed by atoms with Gasteiger partial charge in [-0.05, 0) is 44.6 Å². The van der Waals surface area contributed by atoms with Crippen LogP contribution in [0.5, 0.6) is 0 Å². The fourth-order valence-electron chi connectivity index (χ4n) is 3.37. The molecule has 6 nitrogen and oxygen atoms in total. The Balaban J connectivity index is 1.55. The van der Waals surface area contributed by atoms with Crippen LogP contribution in [0.15, 0.2) is 35.3 Å². The lowest BCUT2D eigenvalue weighted by molar-refractivity contribution is -0.130. The Labute approximate surface area is 176 Å². The Kier molecular flexibility index (Phi) is 11.9. The molecular formula is C23H38N4O2. The molecule has 0 saturated carbocycles. The maximum atomic E-state index is 12.0. The molecule has 0 spiro atoms. The molecule has 1 heterocycles. The fraction of sp³-hybridized carbons (Fsp3) is 0.652. The molecule has 0 aromatic heterocycles. The Bertz CT molecular complexity index is 592. The lowest BCUT2D eigenvalue weighted by atomic mass is 10.2. The first kappa shape index (κ1) is 23.2. The zero-order valence-corrected chi connectivity index (χ0v) is 18.0. The van der Waals surface area contributed by atoms with E-state index in [1.54, 1.807) is 0 Å². The third kappa shape index (κ3) is 10.3. The molecule has 6 heteroatoms. The first-order valence-electron chi connectivity index (χ1n) is 11.2. The average Bonchev–Trinajstić information content (AvgIpc) is 2.95. The van der Waals surface area contributed by atoms with E-state index in [0.29, 0.717) is 18.9 Å². The lowest BCUT2D eigenvalue weighted by Gasteiger charge is -2.20. The molecule has 0 radical (unpaired) electrons. The van der Waals surface area contributed by atoms with E-state index in [9.17, 15) is 4.79 Å². The van der Waals surface area contributed by atoms with E-state index in [4.69, 9.17) is 4.74 Å². The number of aliphatic imine (C=N–C) groups is 1. The molecule has 1 aromatic carbocycles. The quantitative estimate of drug-likeness (QED) is 0.320. The highest BCUT2D eigenvalue weighted by Gasteiger charge is 2.15. The predicted octanol–water partition coefficient (Wildman–Crippen LogP) is 3.33. The summed E-state index contributed by atoms with van der Waals surface area (Å²) < 4.78 is 5.72. The molecule has 1 fully saturated rings. The van der Waals surface area contributed by atoms with E-state index in [2.05, 4.69) is 34.7 Å². The summed E-state index contributed by atoms with van der Waals surface area (Å²) in [5.74, 6) is 1.17. The lowest BCUT2D eigenvalue weighted by Crippen LogP contribution is -2.38. The number of likely N-dealkylation sites (tertiary alicyclic amines) is 1. The number of guanidine groups is 1. The SMILES string of the molecule is CCNC(=NCCCN1CCCCCC1=O)NCCCCOCc1ccccc1. The molecule has 29 heavy (non-hydrogen) atoms. The van der Waals surface area contributed by atoms with Crippen LogP contribution in [0.25, 0.3) is 0 Å². The van der Waals surface area contributed by atoms with Crippen molar-refractivity contribution in [2.24, 2.45) is 4.99 Å². The van der Waals surface area contributed by atoms with Crippen molar-refractivity contribution >= 4 is 11.9 Å². The fourth-order valence-corrected chi connectivity index (χ4v) is 3.37. The van der Waals surface area contributed by atoms with Crippen LogP contribution in [0.1, 0.15) is 57.4 Å². The molecule has 2 rings (SSSR count). The third-order valence-corrected chi connectivity index (χ3v) is 4.99. The first-order chi connectivity index (χ1) is 14.3. The summed E-state index contributed by atoms with van der Waals surface area (Å²) in [6.07, 6.45) is 7.04. The molecule has 0 unspecified atom stereocenters. The van der Waals surface area contributed by atoms with Gasteiger partial charge in [0.2, 0.25) is 5.91 Å². The predicted molar refractivity (Wildman–Crippen MR) is 119 cm³/mol. The molecule has 1 aromatic rings. The van der Waals surface area contributed by atoms with Crippen LogP contribution >= 0.6 is 0 Å². The Morgan fingerprint density at radius 2 is 1.97 bits per heavy atom. The monoisotopic (exact) mass is 402 g/mol. The number of carbonyl (C=O) groups is 1. The maximum absolute atomic E-state index is 12.0. The van der Waals surface area contributed by atoms with E-state index in [1.807, 2.05) is 23.1 Å². The number of nitrogens with one attached hydrogen (secondary N) is 2. The van der Waals surface area contributed by atoms with Crippen molar-refractivity contribution < 1.29 is 9.53 Å². The second kappa shape index (κ2) is 14.9. The van der Waals surface area contributed by atoms with Crippen molar-refractivity contribution in [3.63, 3.8) is 0 Å². The molecule has 0 bridgehead atoms. The summed E-state index contributed by atoms with van der Waals surface area (Å²) in [6, 6.07) is 10.3. The highest BCUT2D eigenvalue weighted by Crippen LogP contribution is 2.11. The zero-order chi connectivity index (χ0) is 20.6. The largest absolute Gasteiger partial charge is 0.377 e.